The van der Waals surface area contributed by atoms with E-state index in [-0.39, 0.29) is 23.0 Å². The van der Waals surface area contributed by atoms with Gasteiger partial charge in [0.2, 0.25) is 11.8 Å². The maximum Gasteiger partial charge on any atom is 0.242 e. The Labute approximate surface area is 131 Å². The van der Waals surface area contributed by atoms with E-state index in [4.69, 9.17) is 0 Å². The highest BCUT2D eigenvalue weighted by atomic mass is 32.2. The first-order valence-corrected chi connectivity index (χ1v) is 9.10. The molecule has 1 saturated heterocycles. The molecule has 2 fully saturated rings. The molecule has 0 aromatic carbocycles. The molecule has 1 aliphatic heterocycles. The van der Waals surface area contributed by atoms with Gasteiger partial charge in [0.1, 0.15) is 5.78 Å². The van der Waals surface area contributed by atoms with E-state index in [1.807, 2.05) is 13.8 Å². The van der Waals surface area contributed by atoms with Crippen LogP contribution in [-0.4, -0.2) is 40.0 Å². The van der Waals surface area contributed by atoms with Crippen molar-refractivity contribution in [3.63, 3.8) is 0 Å². The molecule has 5 heteroatoms. The van der Waals surface area contributed by atoms with Gasteiger partial charge in [0, 0.05) is 25.3 Å². The van der Waals surface area contributed by atoms with Gasteiger partial charge >= 0.3 is 0 Å². The molecule has 0 aromatic rings. The van der Waals surface area contributed by atoms with Gasteiger partial charge in [-0.2, -0.15) is 0 Å². The Kier molecular flexibility index (Phi) is 5.85. The predicted molar refractivity (Wildman–Crippen MR) is 84.0 cm³/mol. The van der Waals surface area contributed by atoms with Crippen LogP contribution in [0.25, 0.3) is 0 Å². The first kappa shape index (κ1) is 16.5. The number of carbonyl (C=O) groups excluding carboxylic acids is 3. The number of amides is 2. The van der Waals surface area contributed by atoms with E-state index < -0.39 is 0 Å². The molecule has 2 amide bonds. The van der Waals surface area contributed by atoms with Crippen LogP contribution in [0.2, 0.25) is 0 Å². The summed E-state index contributed by atoms with van der Waals surface area (Å²) >= 11 is 1.57. The summed E-state index contributed by atoms with van der Waals surface area (Å²) in [4.78, 5) is 37.4. The average Bonchev–Trinajstić information content (AvgIpc) is 2.75. The van der Waals surface area contributed by atoms with Crippen LogP contribution in [0.4, 0.5) is 0 Å². The van der Waals surface area contributed by atoms with Gasteiger partial charge < -0.3 is 0 Å². The normalized spacial score (nSPS) is 30.0. The van der Waals surface area contributed by atoms with E-state index in [0.717, 1.165) is 31.4 Å². The standard InChI is InChI=1S/C16H25NO3S/c1-3-13(18)12-7-5-11(6-8-12)10-17-15(19)9-14(16(17)20)21-4-2/h11-12,14H,3-10H2,1-2H3. The number of likely N-dealkylation sites (tertiary alicyclic amines) is 1. The molecule has 1 heterocycles. The van der Waals surface area contributed by atoms with Crippen LogP contribution in [0.1, 0.15) is 52.4 Å². The topological polar surface area (TPSA) is 54.5 Å². The summed E-state index contributed by atoms with van der Waals surface area (Å²) in [5, 5.41) is -0.166. The molecule has 1 unspecified atom stereocenters. The Morgan fingerprint density at radius 2 is 1.86 bits per heavy atom. The molecule has 21 heavy (non-hydrogen) atoms. The lowest BCUT2D eigenvalue weighted by molar-refractivity contribution is -0.139. The summed E-state index contributed by atoms with van der Waals surface area (Å²) in [6.07, 6.45) is 4.73. The molecule has 1 atom stereocenters. The van der Waals surface area contributed by atoms with E-state index in [2.05, 4.69) is 0 Å². The second-order valence-corrected chi connectivity index (χ2v) is 7.51. The first-order chi connectivity index (χ1) is 10.1. The van der Waals surface area contributed by atoms with Crippen molar-refractivity contribution in [2.24, 2.45) is 11.8 Å². The van der Waals surface area contributed by atoms with Crippen molar-refractivity contribution in [1.82, 2.24) is 4.90 Å². The maximum atomic E-state index is 12.2. The van der Waals surface area contributed by atoms with Gasteiger partial charge in [-0.15, -0.1) is 11.8 Å². The lowest BCUT2D eigenvalue weighted by Crippen LogP contribution is -2.37. The number of rotatable bonds is 6. The Balaban J connectivity index is 1.85. The molecular weight excluding hydrogens is 286 g/mol. The smallest absolute Gasteiger partial charge is 0.242 e. The first-order valence-electron chi connectivity index (χ1n) is 8.05. The summed E-state index contributed by atoms with van der Waals surface area (Å²) in [6.45, 7) is 4.49. The van der Waals surface area contributed by atoms with Crippen LogP contribution in [0.3, 0.4) is 0 Å². The Morgan fingerprint density at radius 1 is 1.19 bits per heavy atom. The van der Waals surface area contributed by atoms with E-state index in [0.29, 0.717) is 31.1 Å². The Morgan fingerprint density at radius 3 is 2.43 bits per heavy atom. The van der Waals surface area contributed by atoms with Crippen LogP contribution < -0.4 is 0 Å². The third kappa shape index (κ3) is 3.87. The number of thioether (sulfide) groups is 1. The molecule has 0 bridgehead atoms. The van der Waals surface area contributed by atoms with Gasteiger partial charge in [-0.05, 0) is 37.4 Å². The lowest BCUT2D eigenvalue weighted by atomic mass is 9.79. The number of carbonyl (C=O) groups is 3. The number of nitrogens with zero attached hydrogens (tertiary/aromatic N) is 1. The van der Waals surface area contributed by atoms with Gasteiger partial charge in [-0.25, -0.2) is 0 Å². The van der Waals surface area contributed by atoms with Crippen LogP contribution in [0.15, 0.2) is 0 Å². The second kappa shape index (κ2) is 7.43. The largest absolute Gasteiger partial charge is 0.299 e. The van der Waals surface area contributed by atoms with Gasteiger partial charge in [0.05, 0.1) is 5.25 Å². The van der Waals surface area contributed by atoms with Crippen LogP contribution in [-0.2, 0) is 14.4 Å². The minimum atomic E-state index is -0.166. The number of hydrogen-bond donors (Lipinski definition) is 0. The molecular formula is C16H25NO3S. The quantitative estimate of drug-likeness (QED) is 0.708. The van der Waals surface area contributed by atoms with Gasteiger partial charge in [-0.3, -0.25) is 19.3 Å². The van der Waals surface area contributed by atoms with Crippen LogP contribution in [0.5, 0.6) is 0 Å². The van der Waals surface area contributed by atoms with Crippen molar-refractivity contribution in [3.8, 4) is 0 Å². The summed E-state index contributed by atoms with van der Waals surface area (Å²) in [7, 11) is 0. The SMILES string of the molecule is CCSC1CC(=O)N(CC2CCC(C(=O)CC)CC2)C1=O. The van der Waals surface area contributed by atoms with E-state index in [1.165, 1.54) is 4.90 Å². The van der Waals surface area contributed by atoms with E-state index in [1.54, 1.807) is 11.8 Å². The number of ketones is 1. The fraction of sp³-hybridized carbons (Fsp3) is 0.812. The van der Waals surface area contributed by atoms with Gasteiger partial charge in [-0.1, -0.05) is 13.8 Å². The number of Topliss-reactive ketones (excluding diaryl/α,β-unsaturated/α-hetero) is 1. The zero-order chi connectivity index (χ0) is 15.4. The van der Waals surface area contributed by atoms with Gasteiger partial charge in [0.25, 0.3) is 0 Å². The molecule has 0 spiro atoms. The fourth-order valence-electron chi connectivity index (χ4n) is 3.39. The molecule has 0 radical (unpaired) electrons. The maximum absolute atomic E-state index is 12.2. The molecule has 2 rings (SSSR count). The number of hydrogen-bond acceptors (Lipinski definition) is 4. The highest BCUT2D eigenvalue weighted by Gasteiger charge is 2.39. The van der Waals surface area contributed by atoms with Crippen molar-refractivity contribution in [1.29, 1.82) is 0 Å². The number of imide groups is 1. The van der Waals surface area contributed by atoms with Crippen molar-refractivity contribution in [3.05, 3.63) is 0 Å². The molecule has 4 nitrogen and oxygen atoms in total. The fourth-order valence-corrected chi connectivity index (χ4v) is 4.32. The molecule has 118 valence electrons. The minimum Gasteiger partial charge on any atom is -0.299 e. The van der Waals surface area contributed by atoms with E-state index in [9.17, 15) is 14.4 Å². The predicted octanol–water partition coefficient (Wildman–Crippen LogP) is 2.65. The highest BCUT2D eigenvalue weighted by molar-refractivity contribution is 8.00. The summed E-state index contributed by atoms with van der Waals surface area (Å²) in [5.74, 6) is 1.79. The average molecular weight is 311 g/mol. The van der Waals surface area contributed by atoms with Crippen molar-refractivity contribution in [2.75, 3.05) is 12.3 Å². The zero-order valence-corrected chi connectivity index (χ0v) is 13.8. The van der Waals surface area contributed by atoms with Crippen LogP contribution in [0, 0.1) is 11.8 Å². The summed E-state index contributed by atoms with van der Waals surface area (Å²) in [5.41, 5.74) is 0. The monoisotopic (exact) mass is 311 g/mol. The molecule has 0 aromatic heterocycles. The molecule has 1 aliphatic carbocycles. The van der Waals surface area contributed by atoms with Crippen molar-refractivity contribution < 1.29 is 14.4 Å². The highest BCUT2D eigenvalue weighted by Crippen LogP contribution is 2.32. The van der Waals surface area contributed by atoms with Crippen molar-refractivity contribution >= 4 is 29.4 Å². The third-order valence-electron chi connectivity index (χ3n) is 4.66. The minimum absolute atomic E-state index is 0.00129. The van der Waals surface area contributed by atoms with Gasteiger partial charge in [0.15, 0.2) is 0 Å². The lowest BCUT2D eigenvalue weighted by Gasteiger charge is -2.30. The van der Waals surface area contributed by atoms with Crippen LogP contribution >= 0.6 is 11.8 Å². The van der Waals surface area contributed by atoms with E-state index >= 15 is 0 Å². The molecule has 0 N–H and O–H groups in total. The molecule has 1 saturated carbocycles. The Hall–Kier alpha value is -0.840. The summed E-state index contributed by atoms with van der Waals surface area (Å²) < 4.78 is 0. The summed E-state index contributed by atoms with van der Waals surface area (Å²) in [6, 6.07) is 0. The Bertz CT molecular complexity index is 416. The van der Waals surface area contributed by atoms with Crippen molar-refractivity contribution in [2.45, 2.75) is 57.6 Å². The third-order valence-corrected chi connectivity index (χ3v) is 5.77. The molecule has 2 aliphatic rings. The second-order valence-electron chi connectivity index (χ2n) is 6.03. The zero-order valence-electron chi connectivity index (χ0n) is 13.0.